The van der Waals surface area contributed by atoms with Gasteiger partial charge in [0.15, 0.2) is 0 Å². The summed E-state index contributed by atoms with van der Waals surface area (Å²) in [6.07, 6.45) is 6.28. The second kappa shape index (κ2) is 5.67. The van der Waals surface area contributed by atoms with Gasteiger partial charge in [-0.15, -0.1) is 0 Å². The minimum absolute atomic E-state index is 0.225. The molecular weight excluding hydrogens is 200 g/mol. The molecule has 2 rings (SSSR count). The molecular formula is C13H24N2O. The third kappa shape index (κ3) is 3.21. The van der Waals surface area contributed by atoms with Crippen molar-refractivity contribution in [3.05, 3.63) is 0 Å². The second-order valence-electron chi connectivity index (χ2n) is 5.56. The van der Waals surface area contributed by atoms with E-state index in [0.717, 1.165) is 37.9 Å². The van der Waals surface area contributed by atoms with E-state index in [0.29, 0.717) is 0 Å². The van der Waals surface area contributed by atoms with E-state index in [1.165, 1.54) is 25.7 Å². The molecule has 0 bridgehead atoms. The smallest absolute Gasteiger partial charge is 0.224 e. The van der Waals surface area contributed by atoms with E-state index >= 15 is 0 Å². The Morgan fingerprint density at radius 3 is 2.62 bits per heavy atom. The van der Waals surface area contributed by atoms with Gasteiger partial charge in [-0.05, 0) is 37.6 Å². The molecule has 1 aliphatic carbocycles. The molecule has 0 aromatic heterocycles. The van der Waals surface area contributed by atoms with Crippen molar-refractivity contribution in [1.82, 2.24) is 10.6 Å². The summed E-state index contributed by atoms with van der Waals surface area (Å²) >= 11 is 0. The summed E-state index contributed by atoms with van der Waals surface area (Å²) < 4.78 is 0. The molecule has 0 aromatic carbocycles. The van der Waals surface area contributed by atoms with Crippen molar-refractivity contribution >= 4 is 5.91 Å². The molecule has 16 heavy (non-hydrogen) atoms. The molecule has 1 heterocycles. The first-order valence-electron chi connectivity index (χ1n) is 6.74. The SMILES string of the molecule is CC1CCC(CNC(=O)C2CCNC2)CC1. The average Bonchev–Trinajstić information content (AvgIpc) is 2.81. The summed E-state index contributed by atoms with van der Waals surface area (Å²) in [5.74, 6) is 2.12. The van der Waals surface area contributed by atoms with Crippen LogP contribution in [0.5, 0.6) is 0 Å². The van der Waals surface area contributed by atoms with Gasteiger partial charge in [0.2, 0.25) is 5.91 Å². The molecule has 1 amide bonds. The minimum atomic E-state index is 0.225. The third-order valence-corrected chi connectivity index (χ3v) is 4.13. The number of nitrogens with one attached hydrogen (secondary N) is 2. The molecule has 2 aliphatic rings. The zero-order valence-electron chi connectivity index (χ0n) is 10.3. The lowest BCUT2D eigenvalue weighted by molar-refractivity contribution is -0.124. The normalized spacial score (nSPS) is 34.9. The topological polar surface area (TPSA) is 41.1 Å². The van der Waals surface area contributed by atoms with Crippen LogP contribution in [0.25, 0.3) is 0 Å². The highest BCUT2D eigenvalue weighted by molar-refractivity contribution is 5.79. The van der Waals surface area contributed by atoms with E-state index in [4.69, 9.17) is 0 Å². The number of hydrogen-bond acceptors (Lipinski definition) is 2. The molecule has 1 aliphatic heterocycles. The summed E-state index contributed by atoms with van der Waals surface area (Å²) in [4.78, 5) is 11.8. The predicted octanol–water partition coefficient (Wildman–Crippen LogP) is 1.54. The van der Waals surface area contributed by atoms with Crippen LogP contribution in [0.2, 0.25) is 0 Å². The van der Waals surface area contributed by atoms with Gasteiger partial charge in [-0.3, -0.25) is 4.79 Å². The van der Waals surface area contributed by atoms with E-state index in [1.54, 1.807) is 0 Å². The highest BCUT2D eigenvalue weighted by atomic mass is 16.1. The Morgan fingerprint density at radius 1 is 1.25 bits per heavy atom. The maximum absolute atomic E-state index is 11.8. The molecule has 92 valence electrons. The summed E-state index contributed by atoms with van der Waals surface area (Å²) in [7, 11) is 0. The lowest BCUT2D eigenvalue weighted by Gasteiger charge is -2.26. The first-order valence-corrected chi connectivity index (χ1v) is 6.74. The minimum Gasteiger partial charge on any atom is -0.356 e. The van der Waals surface area contributed by atoms with Crippen molar-refractivity contribution in [3.8, 4) is 0 Å². The largest absolute Gasteiger partial charge is 0.356 e. The van der Waals surface area contributed by atoms with E-state index < -0.39 is 0 Å². The Morgan fingerprint density at radius 2 is 2.00 bits per heavy atom. The monoisotopic (exact) mass is 224 g/mol. The molecule has 1 unspecified atom stereocenters. The highest BCUT2D eigenvalue weighted by Crippen LogP contribution is 2.27. The quantitative estimate of drug-likeness (QED) is 0.763. The van der Waals surface area contributed by atoms with Crippen molar-refractivity contribution in [2.75, 3.05) is 19.6 Å². The van der Waals surface area contributed by atoms with Crippen LogP contribution in [0.15, 0.2) is 0 Å². The van der Waals surface area contributed by atoms with Gasteiger partial charge in [-0.25, -0.2) is 0 Å². The zero-order chi connectivity index (χ0) is 11.4. The Bertz CT molecular complexity index is 228. The van der Waals surface area contributed by atoms with Gasteiger partial charge in [0.1, 0.15) is 0 Å². The summed E-state index contributed by atoms with van der Waals surface area (Å²) in [6.45, 7) is 5.10. The lowest BCUT2D eigenvalue weighted by Crippen LogP contribution is -2.36. The Kier molecular flexibility index (Phi) is 4.22. The van der Waals surface area contributed by atoms with Crippen molar-refractivity contribution in [2.45, 2.75) is 39.0 Å². The van der Waals surface area contributed by atoms with Gasteiger partial charge >= 0.3 is 0 Å². The average molecular weight is 224 g/mol. The van der Waals surface area contributed by atoms with Gasteiger partial charge in [0.25, 0.3) is 0 Å². The molecule has 3 nitrogen and oxygen atoms in total. The van der Waals surface area contributed by atoms with Gasteiger partial charge in [0, 0.05) is 13.1 Å². The van der Waals surface area contributed by atoms with E-state index in [1.807, 2.05) is 0 Å². The first kappa shape index (κ1) is 11.9. The molecule has 2 N–H and O–H groups in total. The maximum atomic E-state index is 11.8. The Labute approximate surface area is 98.4 Å². The van der Waals surface area contributed by atoms with E-state index in [9.17, 15) is 4.79 Å². The molecule has 1 atom stereocenters. The fraction of sp³-hybridized carbons (Fsp3) is 0.923. The second-order valence-corrected chi connectivity index (χ2v) is 5.56. The summed E-state index contributed by atoms with van der Waals surface area (Å²) in [5.41, 5.74) is 0. The Hall–Kier alpha value is -0.570. The van der Waals surface area contributed by atoms with Crippen molar-refractivity contribution in [3.63, 3.8) is 0 Å². The van der Waals surface area contributed by atoms with Gasteiger partial charge in [0.05, 0.1) is 5.92 Å². The third-order valence-electron chi connectivity index (χ3n) is 4.13. The molecule has 0 radical (unpaired) electrons. The molecule has 0 spiro atoms. The highest BCUT2D eigenvalue weighted by Gasteiger charge is 2.24. The van der Waals surface area contributed by atoms with Crippen LogP contribution in [-0.2, 0) is 4.79 Å². The van der Waals surface area contributed by atoms with Gasteiger partial charge < -0.3 is 10.6 Å². The molecule has 1 saturated carbocycles. The Balaban J connectivity index is 1.65. The fourth-order valence-electron chi connectivity index (χ4n) is 2.80. The molecule has 3 heteroatoms. The van der Waals surface area contributed by atoms with Gasteiger partial charge in [-0.2, -0.15) is 0 Å². The van der Waals surface area contributed by atoms with Crippen LogP contribution in [0.3, 0.4) is 0 Å². The molecule has 1 saturated heterocycles. The fourth-order valence-corrected chi connectivity index (χ4v) is 2.80. The van der Waals surface area contributed by atoms with Crippen molar-refractivity contribution in [1.29, 1.82) is 0 Å². The number of hydrogen-bond donors (Lipinski definition) is 2. The zero-order valence-corrected chi connectivity index (χ0v) is 10.3. The van der Waals surface area contributed by atoms with Crippen LogP contribution in [0.4, 0.5) is 0 Å². The van der Waals surface area contributed by atoms with Crippen LogP contribution < -0.4 is 10.6 Å². The molecule has 2 fully saturated rings. The lowest BCUT2D eigenvalue weighted by atomic mass is 9.83. The van der Waals surface area contributed by atoms with Crippen molar-refractivity contribution in [2.24, 2.45) is 17.8 Å². The first-order chi connectivity index (χ1) is 7.75. The number of carbonyl (C=O) groups is 1. The van der Waals surface area contributed by atoms with Crippen LogP contribution in [0.1, 0.15) is 39.0 Å². The van der Waals surface area contributed by atoms with E-state index in [2.05, 4.69) is 17.6 Å². The number of amides is 1. The summed E-state index contributed by atoms with van der Waals surface area (Å²) in [6, 6.07) is 0. The predicted molar refractivity (Wildman–Crippen MR) is 65.1 cm³/mol. The van der Waals surface area contributed by atoms with Crippen LogP contribution in [-0.4, -0.2) is 25.5 Å². The standard InChI is InChI=1S/C13H24N2O/c1-10-2-4-11(5-3-10)8-15-13(16)12-6-7-14-9-12/h10-12,14H,2-9H2,1H3,(H,15,16). The number of carbonyl (C=O) groups excluding carboxylic acids is 1. The van der Waals surface area contributed by atoms with Crippen LogP contribution >= 0.6 is 0 Å². The van der Waals surface area contributed by atoms with Crippen LogP contribution in [0, 0.1) is 17.8 Å². The van der Waals surface area contributed by atoms with E-state index in [-0.39, 0.29) is 11.8 Å². The number of rotatable bonds is 3. The molecule has 0 aromatic rings. The maximum Gasteiger partial charge on any atom is 0.224 e. The van der Waals surface area contributed by atoms with Crippen molar-refractivity contribution < 1.29 is 4.79 Å². The van der Waals surface area contributed by atoms with Gasteiger partial charge in [-0.1, -0.05) is 19.8 Å². The summed E-state index contributed by atoms with van der Waals surface area (Å²) in [5, 5.41) is 6.37.